The first-order valence-electron chi connectivity index (χ1n) is 3.41. The number of hydrogen-bond acceptors (Lipinski definition) is 3. The molecule has 0 aromatic carbocycles. The molecular formula is C6H11NO2. The van der Waals surface area contributed by atoms with E-state index in [4.69, 9.17) is 9.47 Å². The first-order valence-corrected chi connectivity index (χ1v) is 3.41. The van der Waals surface area contributed by atoms with Crippen LogP contribution in [0.1, 0.15) is 0 Å². The van der Waals surface area contributed by atoms with Crippen molar-refractivity contribution in [2.24, 2.45) is 0 Å². The third-order valence-electron chi connectivity index (χ3n) is 1.85. The smallest absolute Gasteiger partial charge is 0.0974 e. The van der Waals surface area contributed by atoms with Gasteiger partial charge in [0, 0.05) is 13.1 Å². The van der Waals surface area contributed by atoms with Gasteiger partial charge in [-0.05, 0) is 0 Å². The summed E-state index contributed by atoms with van der Waals surface area (Å²) in [5, 5.41) is 3.21. The fourth-order valence-corrected chi connectivity index (χ4v) is 1.36. The van der Waals surface area contributed by atoms with Gasteiger partial charge >= 0.3 is 0 Å². The monoisotopic (exact) mass is 129 g/mol. The van der Waals surface area contributed by atoms with Crippen LogP contribution in [-0.4, -0.2) is 38.5 Å². The zero-order valence-electron chi connectivity index (χ0n) is 5.30. The van der Waals surface area contributed by atoms with Gasteiger partial charge in [0.25, 0.3) is 0 Å². The zero-order valence-corrected chi connectivity index (χ0v) is 5.30. The molecule has 0 aromatic rings. The van der Waals surface area contributed by atoms with Gasteiger partial charge in [0.15, 0.2) is 0 Å². The molecule has 2 aliphatic rings. The van der Waals surface area contributed by atoms with Crippen molar-refractivity contribution in [1.29, 1.82) is 0 Å². The van der Waals surface area contributed by atoms with Crippen LogP contribution in [0.2, 0.25) is 0 Å². The SMILES string of the molecule is C1CO[C@@H]2CNC[C@H]2O1. The summed E-state index contributed by atoms with van der Waals surface area (Å²) in [5.41, 5.74) is 0. The lowest BCUT2D eigenvalue weighted by Crippen LogP contribution is -2.36. The van der Waals surface area contributed by atoms with Gasteiger partial charge in [-0.1, -0.05) is 0 Å². The molecule has 0 amide bonds. The Balaban J connectivity index is 1.97. The summed E-state index contributed by atoms with van der Waals surface area (Å²) in [7, 11) is 0. The molecule has 0 radical (unpaired) electrons. The lowest BCUT2D eigenvalue weighted by molar-refractivity contribution is -0.116. The lowest BCUT2D eigenvalue weighted by Gasteiger charge is -2.24. The minimum Gasteiger partial charge on any atom is -0.372 e. The minimum absolute atomic E-state index is 0.332. The maximum absolute atomic E-state index is 5.41. The highest BCUT2D eigenvalue weighted by atomic mass is 16.6. The van der Waals surface area contributed by atoms with E-state index >= 15 is 0 Å². The van der Waals surface area contributed by atoms with Crippen molar-refractivity contribution in [2.45, 2.75) is 12.2 Å². The maximum atomic E-state index is 5.41. The summed E-state index contributed by atoms with van der Waals surface area (Å²) in [6.45, 7) is 3.46. The van der Waals surface area contributed by atoms with Crippen LogP contribution in [0.3, 0.4) is 0 Å². The van der Waals surface area contributed by atoms with Crippen LogP contribution < -0.4 is 5.32 Å². The van der Waals surface area contributed by atoms with Gasteiger partial charge in [-0.3, -0.25) is 0 Å². The molecule has 0 spiro atoms. The molecule has 0 saturated carbocycles. The van der Waals surface area contributed by atoms with Crippen molar-refractivity contribution < 1.29 is 9.47 Å². The second-order valence-electron chi connectivity index (χ2n) is 2.48. The molecule has 52 valence electrons. The molecule has 2 atom stereocenters. The zero-order chi connectivity index (χ0) is 6.10. The van der Waals surface area contributed by atoms with E-state index in [1.54, 1.807) is 0 Å². The van der Waals surface area contributed by atoms with Gasteiger partial charge in [0.2, 0.25) is 0 Å². The lowest BCUT2D eigenvalue weighted by atomic mass is 10.2. The van der Waals surface area contributed by atoms with Crippen LogP contribution in [0.15, 0.2) is 0 Å². The molecule has 2 aliphatic heterocycles. The Labute approximate surface area is 54.3 Å². The fraction of sp³-hybridized carbons (Fsp3) is 1.00. The maximum Gasteiger partial charge on any atom is 0.0974 e. The summed E-state index contributed by atoms with van der Waals surface area (Å²) in [6, 6.07) is 0. The molecular weight excluding hydrogens is 118 g/mol. The Morgan fingerprint density at radius 1 is 1.00 bits per heavy atom. The van der Waals surface area contributed by atoms with E-state index in [0.717, 1.165) is 26.3 Å². The molecule has 0 aliphatic carbocycles. The molecule has 2 fully saturated rings. The molecule has 2 saturated heterocycles. The average Bonchev–Trinajstić information content (AvgIpc) is 2.33. The predicted octanol–water partition coefficient (Wildman–Crippen LogP) is -0.626. The highest BCUT2D eigenvalue weighted by molar-refractivity contribution is 4.84. The Kier molecular flexibility index (Phi) is 1.41. The molecule has 2 rings (SSSR count). The van der Waals surface area contributed by atoms with Gasteiger partial charge in [0.05, 0.1) is 25.4 Å². The number of nitrogens with one attached hydrogen (secondary N) is 1. The van der Waals surface area contributed by atoms with Gasteiger partial charge in [-0.15, -0.1) is 0 Å². The van der Waals surface area contributed by atoms with Crippen LogP contribution in [-0.2, 0) is 9.47 Å². The number of fused-ring (bicyclic) bond motifs is 1. The Morgan fingerprint density at radius 2 is 1.56 bits per heavy atom. The Bertz CT molecular complexity index is 95.2. The van der Waals surface area contributed by atoms with Crippen LogP contribution in [0.25, 0.3) is 0 Å². The third kappa shape index (κ3) is 0.956. The predicted molar refractivity (Wildman–Crippen MR) is 32.3 cm³/mol. The van der Waals surface area contributed by atoms with Gasteiger partial charge in [-0.25, -0.2) is 0 Å². The first-order chi connectivity index (χ1) is 4.47. The van der Waals surface area contributed by atoms with E-state index in [1.165, 1.54) is 0 Å². The van der Waals surface area contributed by atoms with Crippen LogP contribution in [0, 0.1) is 0 Å². The second-order valence-corrected chi connectivity index (χ2v) is 2.48. The van der Waals surface area contributed by atoms with E-state index < -0.39 is 0 Å². The topological polar surface area (TPSA) is 30.5 Å². The number of hydrogen-bond donors (Lipinski definition) is 1. The van der Waals surface area contributed by atoms with Crippen molar-refractivity contribution in [3.05, 3.63) is 0 Å². The quantitative estimate of drug-likeness (QED) is 0.472. The summed E-state index contributed by atoms with van der Waals surface area (Å²) in [5.74, 6) is 0. The molecule has 9 heavy (non-hydrogen) atoms. The van der Waals surface area contributed by atoms with Crippen LogP contribution in [0.5, 0.6) is 0 Å². The summed E-state index contributed by atoms with van der Waals surface area (Å²) >= 11 is 0. The summed E-state index contributed by atoms with van der Waals surface area (Å²) in [4.78, 5) is 0. The molecule has 2 heterocycles. The number of rotatable bonds is 0. The molecule has 1 N–H and O–H groups in total. The van der Waals surface area contributed by atoms with E-state index in [2.05, 4.69) is 5.32 Å². The van der Waals surface area contributed by atoms with Crippen molar-refractivity contribution >= 4 is 0 Å². The second kappa shape index (κ2) is 2.25. The normalized spacial score (nSPS) is 42.7. The summed E-state index contributed by atoms with van der Waals surface area (Å²) in [6.07, 6.45) is 0.664. The van der Waals surface area contributed by atoms with E-state index in [-0.39, 0.29) is 0 Å². The third-order valence-corrected chi connectivity index (χ3v) is 1.85. The molecule has 3 heteroatoms. The van der Waals surface area contributed by atoms with Crippen molar-refractivity contribution in [1.82, 2.24) is 5.32 Å². The molecule has 0 unspecified atom stereocenters. The minimum atomic E-state index is 0.332. The van der Waals surface area contributed by atoms with Gasteiger partial charge < -0.3 is 14.8 Å². The fourth-order valence-electron chi connectivity index (χ4n) is 1.36. The van der Waals surface area contributed by atoms with E-state index in [1.807, 2.05) is 0 Å². The van der Waals surface area contributed by atoms with Crippen LogP contribution >= 0.6 is 0 Å². The average molecular weight is 129 g/mol. The molecule has 0 bridgehead atoms. The molecule has 3 nitrogen and oxygen atoms in total. The van der Waals surface area contributed by atoms with Crippen molar-refractivity contribution in [3.8, 4) is 0 Å². The van der Waals surface area contributed by atoms with Gasteiger partial charge in [-0.2, -0.15) is 0 Å². The Morgan fingerprint density at radius 3 is 2.11 bits per heavy atom. The van der Waals surface area contributed by atoms with Gasteiger partial charge in [0.1, 0.15) is 0 Å². The highest BCUT2D eigenvalue weighted by Crippen LogP contribution is 2.12. The highest BCUT2D eigenvalue weighted by Gasteiger charge is 2.30. The first kappa shape index (κ1) is 5.65. The van der Waals surface area contributed by atoms with Crippen LogP contribution in [0.4, 0.5) is 0 Å². The summed E-state index contributed by atoms with van der Waals surface area (Å²) < 4.78 is 10.8. The standard InChI is InChI=1S/C6H11NO2/c1-2-9-6-4-7-3-5(6)8-1/h5-7H,1-4H2/t5-,6-/m1/s1. The Hall–Kier alpha value is -0.120. The van der Waals surface area contributed by atoms with Crippen molar-refractivity contribution in [2.75, 3.05) is 26.3 Å². The number of ether oxygens (including phenoxy) is 2. The largest absolute Gasteiger partial charge is 0.372 e. The van der Waals surface area contributed by atoms with E-state index in [0.29, 0.717) is 12.2 Å². The van der Waals surface area contributed by atoms with E-state index in [9.17, 15) is 0 Å². The van der Waals surface area contributed by atoms with Crippen molar-refractivity contribution in [3.63, 3.8) is 0 Å². The molecule has 0 aromatic heterocycles.